The zero-order chi connectivity index (χ0) is 19.5. The van der Waals surface area contributed by atoms with Gasteiger partial charge in [-0.05, 0) is 0 Å². The van der Waals surface area contributed by atoms with Crippen LogP contribution in [0.1, 0.15) is 0 Å². The SMILES string of the molecule is NC1=NC2C(COC(=O)NS(=O)(=O)O)N=C(N)N3CC(O)C(O)(O)C23N1. The van der Waals surface area contributed by atoms with Crippen molar-refractivity contribution in [1.82, 2.24) is 14.9 Å². The van der Waals surface area contributed by atoms with E-state index < -0.39 is 52.6 Å². The van der Waals surface area contributed by atoms with Gasteiger partial charge < -0.3 is 41.7 Å². The van der Waals surface area contributed by atoms with Gasteiger partial charge in [-0.15, -0.1) is 0 Å². The van der Waals surface area contributed by atoms with Gasteiger partial charge in [0.2, 0.25) is 5.79 Å². The summed E-state index contributed by atoms with van der Waals surface area (Å²) in [5.74, 6) is -3.15. The molecule has 0 bridgehead atoms. The predicted molar refractivity (Wildman–Crippen MR) is 82.6 cm³/mol. The molecule has 10 N–H and O–H groups in total. The predicted octanol–water partition coefficient (Wildman–Crippen LogP) is -5.45. The average Bonchev–Trinajstić information content (AvgIpc) is 2.93. The number of guanidine groups is 2. The van der Waals surface area contributed by atoms with E-state index in [-0.39, 0.29) is 18.5 Å². The highest BCUT2D eigenvalue weighted by atomic mass is 32.2. The van der Waals surface area contributed by atoms with Gasteiger partial charge in [-0.25, -0.2) is 14.8 Å². The Hall–Kier alpha value is -2.40. The summed E-state index contributed by atoms with van der Waals surface area (Å²) < 4.78 is 35.5. The lowest BCUT2D eigenvalue weighted by atomic mass is 9.86. The molecule has 1 spiro atoms. The number of aliphatic hydroxyl groups excluding tert-OH is 1. The van der Waals surface area contributed by atoms with Crippen molar-refractivity contribution >= 4 is 28.3 Å². The van der Waals surface area contributed by atoms with Crippen molar-refractivity contribution in [1.29, 1.82) is 0 Å². The zero-order valence-electron chi connectivity index (χ0n) is 13.0. The van der Waals surface area contributed by atoms with Crippen molar-refractivity contribution in [2.75, 3.05) is 13.2 Å². The van der Waals surface area contributed by atoms with Crippen LogP contribution in [0.25, 0.3) is 0 Å². The van der Waals surface area contributed by atoms with Crippen LogP contribution >= 0.6 is 0 Å². The van der Waals surface area contributed by atoms with Crippen molar-refractivity contribution < 1.29 is 37.8 Å². The van der Waals surface area contributed by atoms with Gasteiger partial charge in [-0.3, -0.25) is 4.55 Å². The third kappa shape index (κ3) is 2.58. The summed E-state index contributed by atoms with van der Waals surface area (Å²) in [5.41, 5.74) is 9.59. The van der Waals surface area contributed by atoms with Gasteiger partial charge in [-0.1, -0.05) is 0 Å². The molecule has 0 radical (unpaired) electrons. The van der Waals surface area contributed by atoms with Crippen LogP contribution in [-0.4, -0.2) is 94.0 Å². The molecule has 3 aliphatic heterocycles. The van der Waals surface area contributed by atoms with Crippen LogP contribution in [0.5, 0.6) is 0 Å². The Bertz CT molecular complexity index is 797. The zero-order valence-corrected chi connectivity index (χ0v) is 13.8. The molecule has 4 unspecified atom stereocenters. The summed E-state index contributed by atoms with van der Waals surface area (Å²) in [6, 6.07) is -2.25. The monoisotopic (exact) mass is 395 g/mol. The molecule has 26 heavy (non-hydrogen) atoms. The van der Waals surface area contributed by atoms with E-state index in [1.165, 1.54) is 9.62 Å². The second-order valence-electron chi connectivity index (χ2n) is 5.93. The van der Waals surface area contributed by atoms with Gasteiger partial charge in [0, 0.05) is 0 Å². The molecule has 0 aromatic rings. The van der Waals surface area contributed by atoms with Crippen LogP contribution in [0.4, 0.5) is 4.79 Å². The fourth-order valence-electron chi connectivity index (χ4n) is 3.35. The molecule has 1 amide bonds. The highest BCUT2D eigenvalue weighted by Crippen LogP contribution is 2.44. The van der Waals surface area contributed by atoms with Crippen LogP contribution in [0.3, 0.4) is 0 Å². The van der Waals surface area contributed by atoms with E-state index in [2.05, 4.69) is 20.0 Å². The molecule has 4 atom stereocenters. The molecular formula is C10H17N7O8S. The number of hydrogen-bond acceptors (Lipinski definition) is 13. The molecule has 0 aliphatic carbocycles. The highest BCUT2D eigenvalue weighted by Gasteiger charge is 2.73. The summed E-state index contributed by atoms with van der Waals surface area (Å²) in [4.78, 5) is 20.6. The molecule has 146 valence electrons. The van der Waals surface area contributed by atoms with Crippen molar-refractivity contribution in [2.45, 2.75) is 29.6 Å². The molecule has 1 fully saturated rings. The van der Waals surface area contributed by atoms with Gasteiger partial charge >= 0.3 is 16.4 Å². The Morgan fingerprint density at radius 2 is 2.08 bits per heavy atom. The molecular weight excluding hydrogens is 378 g/mol. The van der Waals surface area contributed by atoms with Crippen molar-refractivity contribution in [3.63, 3.8) is 0 Å². The number of nitrogens with zero attached hydrogens (tertiary/aromatic N) is 3. The summed E-state index contributed by atoms with van der Waals surface area (Å²) in [6.07, 6.45) is -3.14. The van der Waals surface area contributed by atoms with E-state index >= 15 is 0 Å². The topological polar surface area (TPSA) is 245 Å². The Labute approximate surface area is 146 Å². The maximum absolute atomic E-state index is 11.4. The minimum absolute atomic E-state index is 0.195. The van der Waals surface area contributed by atoms with Crippen molar-refractivity contribution in [2.24, 2.45) is 21.5 Å². The molecule has 1 saturated heterocycles. The van der Waals surface area contributed by atoms with Crippen LogP contribution in [0, 0.1) is 0 Å². The molecule has 16 heteroatoms. The van der Waals surface area contributed by atoms with Crippen LogP contribution in [0.15, 0.2) is 9.98 Å². The van der Waals surface area contributed by atoms with Gasteiger partial charge in [0.15, 0.2) is 17.6 Å². The van der Waals surface area contributed by atoms with Crippen LogP contribution in [0.2, 0.25) is 0 Å². The smallest absolute Gasteiger partial charge is 0.422 e. The quantitative estimate of drug-likeness (QED) is 0.165. The van der Waals surface area contributed by atoms with Crippen LogP contribution < -0.4 is 21.5 Å². The number of carbonyl (C=O) groups is 1. The molecule has 0 aromatic heterocycles. The summed E-state index contributed by atoms with van der Waals surface area (Å²) in [7, 11) is -4.82. The lowest BCUT2D eigenvalue weighted by Crippen LogP contribution is -2.77. The first-order valence-electron chi connectivity index (χ1n) is 7.15. The van der Waals surface area contributed by atoms with Crippen LogP contribution in [-0.2, 0) is 15.0 Å². The summed E-state index contributed by atoms with van der Waals surface area (Å²) in [6.45, 7) is -0.877. The lowest BCUT2D eigenvalue weighted by Gasteiger charge is -2.48. The maximum Gasteiger partial charge on any atom is 0.422 e. The van der Waals surface area contributed by atoms with E-state index in [1.54, 1.807) is 0 Å². The minimum atomic E-state index is -4.82. The molecule has 0 aromatic carbocycles. The number of carbonyl (C=O) groups excluding carboxylic acids is 1. The first kappa shape index (κ1) is 18.4. The number of amides is 1. The maximum atomic E-state index is 11.4. The van der Waals surface area contributed by atoms with Gasteiger partial charge in [0.25, 0.3) is 0 Å². The normalized spacial score (nSPS) is 34.9. The molecule has 3 heterocycles. The van der Waals surface area contributed by atoms with E-state index in [9.17, 15) is 28.5 Å². The second kappa shape index (κ2) is 5.55. The highest BCUT2D eigenvalue weighted by molar-refractivity contribution is 7.84. The fraction of sp³-hybridized carbons (Fsp3) is 0.700. The minimum Gasteiger partial charge on any atom is -0.446 e. The standard InChI is InChI=1S/C10H17N7O8S/c11-6-14-5-3(2-25-8(19)16-26(22,23)24)13-7(12)17-1-4(18)10(20,21)9(5,17)15-6/h3-5,18,20-21H,1-2H2,(H2,12,13)(H,16,19)(H3,11,14,15)(H,22,23,24). The molecule has 3 rings (SSSR count). The number of ether oxygens (including phenoxy) is 1. The summed E-state index contributed by atoms with van der Waals surface area (Å²) in [5, 5.41) is 33.4. The van der Waals surface area contributed by atoms with E-state index in [4.69, 9.17) is 16.0 Å². The van der Waals surface area contributed by atoms with E-state index in [0.717, 1.165) is 0 Å². The number of nitrogens with two attached hydrogens (primary N) is 2. The van der Waals surface area contributed by atoms with Gasteiger partial charge in [0.05, 0.1) is 6.54 Å². The number of aliphatic imine (C=N–C) groups is 2. The average molecular weight is 395 g/mol. The first-order chi connectivity index (χ1) is 11.9. The Morgan fingerprint density at radius 1 is 1.42 bits per heavy atom. The third-order valence-corrected chi connectivity index (χ3v) is 4.79. The Balaban J connectivity index is 1.88. The fourth-order valence-corrected chi connectivity index (χ4v) is 3.62. The molecule has 3 aliphatic rings. The molecule has 15 nitrogen and oxygen atoms in total. The first-order valence-corrected chi connectivity index (χ1v) is 8.59. The summed E-state index contributed by atoms with van der Waals surface area (Å²) >= 11 is 0. The second-order valence-corrected chi connectivity index (χ2v) is 7.09. The van der Waals surface area contributed by atoms with E-state index in [1.807, 2.05) is 0 Å². The van der Waals surface area contributed by atoms with E-state index in [0.29, 0.717) is 0 Å². The van der Waals surface area contributed by atoms with Gasteiger partial charge in [-0.2, -0.15) is 13.1 Å². The largest absolute Gasteiger partial charge is 0.446 e. The number of aliphatic hydroxyl groups is 3. The number of nitrogens with one attached hydrogen (secondary N) is 2. The van der Waals surface area contributed by atoms with Crippen molar-refractivity contribution in [3.05, 3.63) is 0 Å². The van der Waals surface area contributed by atoms with Gasteiger partial charge in [0.1, 0.15) is 24.8 Å². The lowest BCUT2D eigenvalue weighted by molar-refractivity contribution is -0.257. The Kier molecular flexibility index (Phi) is 3.92. The van der Waals surface area contributed by atoms with Crippen molar-refractivity contribution in [3.8, 4) is 0 Å². The Morgan fingerprint density at radius 3 is 2.69 bits per heavy atom. The number of hydrogen-bond donors (Lipinski definition) is 8. The third-order valence-electron chi connectivity index (χ3n) is 4.37. The number of rotatable bonds is 3. The molecule has 0 saturated carbocycles.